The lowest BCUT2D eigenvalue weighted by Gasteiger charge is -2.11. The first-order valence-electron chi connectivity index (χ1n) is 9.32. The van der Waals surface area contributed by atoms with E-state index in [0.717, 1.165) is 16.4 Å². The van der Waals surface area contributed by atoms with Gasteiger partial charge in [0.15, 0.2) is 5.17 Å². The quantitative estimate of drug-likeness (QED) is 0.558. The van der Waals surface area contributed by atoms with Gasteiger partial charge in [-0.1, -0.05) is 47.7 Å². The average molecular weight is 434 g/mol. The van der Waals surface area contributed by atoms with E-state index in [0.29, 0.717) is 27.7 Å². The molecule has 0 bridgehead atoms. The van der Waals surface area contributed by atoms with Crippen molar-refractivity contribution in [3.63, 3.8) is 0 Å². The van der Waals surface area contributed by atoms with Gasteiger partial charge in [0, 0.05) is 29.8 Å². The van der Waals surface area contributed by atoms with Gasteiger partial charge in [-0.15, -0.1) is 0 Å². The molecule has 2 aromatic heterocycles. The SMILES string of the molecule is Clc1ccc(-c2nccnc2Oc2ccc(NC3=NC4C=CC=CC4S3)cc2)cn1. The second kappa shape index (κ2) is 8.30. The Bertz CT molecular complexity index is 1140. The van der Waals surface area contributed by atoms with Crippen LogP contribution >= 0.6 is 23.4 Å². The molecule has 8 heteroatoms. The molecule has 3 heterocycles. The van der Waals surface area contributed by atoms with Gasteiger partial charge < -0.3 is 10.1 Å². The van der Waals surface area contributed by atoms with Crippen LogP contribution < -0.4 is 10.1 Å². The van der Waals surface area contributed by atoms with Crippen LogP contribution in [0.3, 0.4) is 0 Å². The molecule has 6 nitrogen and oxygen atoms in total. The van der Waals surface area contributed by atoms with Gasteiger partial charge in [-0.25, -0.2) is 15.0 Å². The Morgan fingerprint density at radius 3 is 2.57 bits per heavy atom. The Hall–Kier alpha value is -3.16. The molecule has 0 spiro atoms. The molecule has 0 amide bonds. The van der Waals surface area contributed by atoms with Gasteiger partial charge in [-0.3, -0.25) is 4.99 Å². The lowest BCUT2D eigenvalue weighted by Crippen LogP contribution is -2.13. The lowest BCUT2D eigenvalue weighted by molar-refractivity contribution is 0.462. The molecule has 1 aromatic carbocycles. The molecule has 30 heavy (non-hydrogen) atoms. The molecule has 0 fully saturated rings. The second-order valence-electron chi connectivity index (χ2n) is 6.61. The highest BCUT2D eigenvalue weighted by Gasteiger charge is 2.27. The van der Waals surface area contributed by atoms with E-state index in [1.54, 1.807) is 36.4 Å². The smallest absolute Gasteiger partial charge is 0.246 e. The van der Waals surface area contributed by atoms with E-state index in [9.17, 15) is 0 Å². The maximum Gasteiger partial charge on any atom is 0.246 e. The monoisotopic (exact) mass is 433 g/mol. The molecular weight excluding hydrogens is 418 g/mol. The molecule has 2 atom stereocenters. The largest absolute Gasteiger partial charge is 0.437 e. The predicted molar refractivity (Wildman–Crippen MR) is 121 cm³/mol. The zero-order valence-corrected chi connectivity index (χ0v) is 17.2. The van der Waals surface area contributed by atoms with Crippen LogP contribution in [0.15, 0.2) is 84.3 Å². The first kappa shape index (κ1) is 18.8. The summed E-state index contributed by atoms with van der Waals surface area (Å²) in [6, 6.07) is 11.4. The van der Waals surface area contributed by atoms with Gasteiger partial charge in [0.1, 0.15) is 16.6 Å². The van der Waals surface area contributed by atoms with E-state index < -0.39 is 0 Å². The van der Waals surface area contributed by atoms with Crippen LogP contribution in [0.4, 0.5) is 5.69 Å². The summed E-state index contributed by atoms with van der Waals surface area (Å²) in [4.78, 5) is 17.5. The standard InChI is InChI=1S/C22H16ClN5OS/c23-19-10-5-14(13-26-19)20-21(25-12-11-24-20)29-16-8-6-15(7-9-16)27-22-28-17-3-1-2-4-18(17)30-22/h1-13,17-18H,(H,27,28). The number of benzene rings is 1. The normalized spacial score (nSPS) is 19.3. The highest BCUT2D eigenvalue weighted by molar-refractivity contribution is 8.15. The third-order valence-corrected chi connectivity index (χ3v) is 5.92. The van der Waals surface area contributed by atoms with Gasteiger partial charge in [-0.2, -0.15) is 0 Å². The van der Waals surface area contributed by atoms with Gasteiger partial charge in [0.25, 0.3) is 0 Å². The number of allylic oxidation sites excluding steroid dienone is 2. The van der Waals surface area contributed by atoms with E-state index in [2.05, 4.69) is 38.5 Å². The van der Waals surface area contributed by atoms with E-state index in [1.807, 2.05) is 36.4 Å². The summed E-state index contributed by atoms with van der Waals surface area (Å²) in [7, 11) is 0. The molecule has 148 valence electrons. The molecule has 0 radical (unpaired) electrons. The van der Waals surface area contributed by atoms with Crippen LogP contribution in [-0.4, -0.2) is 31.4 Å². The maximum atomic E-state index is 5.98. The van der Waals surface area contributed by atoms with E-state index in [1.165, 1.54) is 0 Å². The fourth-order valence-electron chi connectivity index (χ4n) is 3.11. The Labute approximate surface area is 182 Å². The summed E-state index contributed by atoms with van der Waals surface area (Å²) in [5.41, 5.74) is 2.33. The first-order chi connectivity index (χ1) is 14.7. The summed E-state index contributed by atoms with van der Waals surface area (Å²) in [6.07, 6.45) is 13.3. The zero-order valence-electron chi connectivity index (χ0n) is 15.6. The molecular formula is C22H16ClN5OS. The van der Waals surface area contributed by atoms with Crippen LogP contribution in [0.1, 0.15) is 0 Å². The van der Waals surface area contributed by atoms with Crippen molar-refractivity contribution in [2.75, 3.05) is 5.32 Å². The molecule has 3 aromatic rings. The average Bonchev–Trinajstić information content (AvgIpc) is 3.18. The molecule has 5 rings (SSSR count). The maximum absolute atomic E-state index is 5.98. The number of fused-ring (bicyclic) bond motifs is 1. The molecule has 1 N–H and O–H groups in total. The number of rotatable bonds is 4. The summed E-state index contributed by atoms with van der Waals surface area (Å²) >= 11 is 7.61. The number of halogens is 1. The van der Waals surface area contributed by atoms with Gasteiger partial charge in [0.05, 0.1) is 11.3 Å². The Kier molecular flexibility index (Phi) is 5.21. The van der Waals surface area contributed by atoms with Gasteiger partial charge >= 0.3 is 0 Å². The van der Waals surface area contributed by atoms with Crippen LogP contribution in [0.25, 0.3) is 11.3 Å². The minimum absolute atomic E-state index is 0.211. The molecule has 0 saturated heterocycles. The van der Waals surface area contributed by atoms with Crippen molar-refractivity contribution in [3.8, 4) is 22.9 Å². The van der Waals surface area contributed by atoms with E-state index >= 15 is 0 Å². The summed E-state index contributed by atoms with van der Waals surface area (Å²) in [5.74, 6) is 1.06. The number of aliphatic imine (C=N–C) groups is 1. The number of ether oxygens (including phenoxy) is 1. The second-order valence-corrected chi connectivity index (χ2v) is 8.16. The fraction of sp³-hybridized carbons (Fsp3) is 0.0909. The van der Waals surface area contributed by atoms with Crippen molar-refractivity contribution < 1.29 is 4.74 Å². The van der Waals surface area contributed by atoms with E-state index in [4.69, 9.17) is 21.3 Å². The van der Waals surface area contributed by atoms with E-state index in [-0.39, 0.29) is 6.04 Å². The van der Waals surface area contributed by atoms with Crippen LogP contribution in [-0.2, 0) is 0 Å². The number of pyridine rings is 1. The number of thioether (sulfide) groups is 1. The minimum atomic E-state index is 0.211. The Balaban J connectivity index is 1.30. The summed E-state index contributed by atoms with van der Waals surface area (Å²) in [6.45, 7) is 0. The lowest BCUT2D eigenvalue weighted by atomic mass is 10.1. The fourth-order valence-corrected chi connectivity index (χ4v) is 4.30. The Morgan fingerprint density at radius 1 is 0.933 bits per heavy atom. The number of aromatic nitrogens is 3. The number of nitrogens with zero attached hydrogens (tertiary/aromatic N) is 4. The van der Waals surface area contributed by atoms with Crippen molar-refractivity contribution in [2.45, 2.75) is 11.3 Å². The first-order valence-corrected chi connectivity index (χ1v) is 10.6. The number of hydrogen-bond acceptors (Lipinski definition) is 7. The zero-order chi connectivity index (χ0) is 20.3. The van der Waals surface area contributed by atoms with Crippen molar-refractivity contribution >= 4 is 34.2 Å². The molecule has 2 aliphatic rings. The molecule has 1 aliphatic carbocycles. The Morgan fingerprint density at radius 2 is 1.77 bits per heavy atom. The van der Waals surface area contributed by atoms with Crippen molar-refractivity contribution in [2.24, 2.45) is 4.99 Å². The topological polar surface area (TPSA) is 72.3 Å². The third kappa shape index (κ3) is 4.08. The highest BCUT2D eigenvalue weighted by Crippen LogP contribution is 2.33. The molecule has 2 unspecified atom stereocenters. The number of amidine groups is 1. The van der Waals surface area contributed by atoms with Crippen molar-refractivity contribution in [1.82, 2.24) is 15.0 Å². The van der Waals surface area contributed by atoms with Crippen LogP contribution in [0.2, 0.25) is 5.15 Å². The predicted octanol–water partition coefficient (Wildman–Crippen LogP) is 5.36. The number of anilines is 1. The van der Waals surface area contributed by atoms with Gasteiger partial charge in [0.2, 0.25) is 5.88 Å². The summed E-state index contributed by atoms with van der Waals surface area (Å²) < 4.78 is 5.98. The third-order valence-electron chi connectivity index (χ3n) is 4.56. The summed E-state index contributed by atoms with van der Waals surface area (Å²) in [5, 5.41) is 5.08. The van der Waals surface area contributed by atoms with Crippen molar-refractivity contribution in [1.29, 1.82) is 0 Å². The van der Waals surface area contributed by atoms with Gasteiger partial charge in [-0.05, 0) is 36.4 Å². The number of hydrogen-bond donors (Lipinski definition) is 1. The van der Waals surface area contributed by atoms with Crippen LogP contribution in [0.5, 0.6) is 11.6 Å². The number of nitrogens with one attached hydrogen (secondary N) is 1. The minimum Gasteiger partial charge on any atom is -0.437 e. The highest BCUT2D eigenvalue weighted by atomic mass is 35.5. The molecule has 1 aliphatic heterocycles. The van der Waals surface area contributed by atoms with Crippen molar-refractivity contribution in [3.05, 3.63) is 84.4 Å². The van der Waals surface area contributed by atoms with Crippen LogP contribution in [0, 0.1) is 0 Å². The molecule has 0 saturated carbocycles.